The average molecular weight is 192 g/mol. The Kier molecular flexibility index (Phi) is 3.08. The van der Waals surface area contributed by atoms with Crippen molar-refractivity contribution in [1.29, 1.82) is 5.26 Å². The van der Waals surface area contributed by atoms with Crippen molar-refractivity contribution in [1.82, 2.24) is 4.90 Å². The van der Waals surface area contributed by atoms with Crippen LogP contribution in [0.5, 0.6) is 0 Å². The van der Waals surface area contributed by atoms with Crippen LogP contribution in [-0.2, 0) is 0 Å². The molecular formula is C12H20N2. The van der Waals surface area contributed by atoms with Gasteiger partial charge in [-0.3, -0.25) is 4.90 Å². The summed E-state index contributed by atoms with van der Waals surface area (Å²) in [5.41, 5.74) is 0. The molecule has 78 valence electrons. The molecule has 3 atom stereocenters. The van der Waals surface area contributed by atoms with Crippen molar-refractivity contribution in [3.8, 4) is 6.07 Å². The molecule has 0 bridgehead atoms. The molecule has 0 radical (unpaired) electrons. The standard InChI is InChI=1S/C12H20N2/c1-2-10-8-11(9-13)12(10)14-6-4-3-5-7-14/h10-12H,2-8H2,1H3. The van der Waals surface area contributed by atoms with Gasteiger partial charge in [-0.05, 0) is 38.3 Å². The van der Waals surface area contributed by atoms with Gasteiger partial charge in [0.1, 0.15) is 0 Å². The van der Waals surface area contributed by atoms with Crippen LogP contribution in [0.25, 0.3) is 0 Å². The number of nitrogens with zero attached hydrogens (tertiary/aromatic N) is 2. The summed E-state index contributed by atoms with van der Waals surface area (Å²) in [4.78, 5) is 2.58. The highest BCUT2D eigenvalue weighted by atomic mass is 15.2. The first-order chi connectivity index (χ1) is 6.86. The van der Waals surface area contributed by atoms with Gasteiger partial charge < -0.3 is 0 Å². The van der Waals surface area contributed by atoms with E-state index in [1.807, 2.05) is 0 Å². The summed E-state index contributed by atoms with van der Waals surface area (Å²) in [5, 5.41) is 9.02. The first-order valence-corrected chi connectivity index (χ1v) is 6.00. The quantitative estimate of drug-likeness (QED) is 0.672. The predicted molar refractivity (Wildman–Crippen MR) is 56.7 cm³/mol. The lowest BCUT2D eigenvalue weighted by Crippen LogP contribution is -2.54. The van der Waals surface area contributed by atoms with E-state index in [0.29, 0.717) is 12.0 Å². The molecule has 14 heavy (non-hydrogen) atoms. The van der Waals surface area contributed by atoms with Gasteiger partial charge >= 0.3 is 0 Å². The Morgan fingerprint density at radius 1 is 1.29 bits per heavy atom. The molecule has 0 N–H and O–H groups in total. The third-order valence-corrected chi connectivity index (χ3v) is 3.95. The van der Waals surface area contributed by atoms with Gasteiger partial charge in [-0.1, -0.05) is 19.8 Å². The molecule has 0 aromatic carbocycles. The molecule has 3 unspecified atom stereocenters. The molecule has 1 aliphatic heterocycles. The maximum Gasteiger partial charge on any atom is 0.0672 e. The number of piperidine rings is 1. The highest BCUT2D eigenvalue weighted by Crippen LogP contribution is 2.40. The van der Waals surface area contributed by atoms with E-state index in [1.54, 1.807) is 0 Å². The lowest BCUT2D eigenvalue weighted by molar-refractivity contribution is 0.0109. The van der Waals surface area contributed by atoms with E-state index in [4.69, 9.17) is 5.26 Å². The average Bonchev–Trinajstić information content (AvgIpc) is 2.19. The zero-order valence-corrected chi connectivity index (χ0v) is 9.08. The van der Waals surface area contributed by atoms with E-state index in [0.717, 1.165) is 12.3 Å². The van der Waals surface area contributed by atoms with Crippen molar-refractivity contribution in [2.75, 3.05) is 13.1 Å². The molecule has 0 aromatic heterocycles. The smallest absolute Gasteiger partial charge is 0.0672 e. The van der Waals surface area contributed by atoms with E-state index in [9.17, 15) is 0 Å². The Labute approximate surface area is 86.9 Å². The van der Waals surface area contributed by atoms with Crippen molar-refractivity contribution in [3.63, 3.8) is 0 Å². The zero-order valence-electron chi connectivity index (χ0n) is 9.08. The first kappa shape index (κ1) is 9.98. The van der Waals surface area contributed by atoms with Crippen LogP contribution in [0, 0.1) is 23.2 Å². The van der Waals surface area contributed by atoms with Gasteiger partial charge in [0.05, 0.1) is 12.0 Å². The molecule has 1 saturated heterocycles. The molecule has 2 fully saturated rings. The SMILES string of the molecule is CCC1CC(C#N)C1N1CCCCC1. The minimum absolute atomic E-state index is 0.332. The van der Waals surface area contributed by atoms with Crippen LogP contribution in [0.15, 0.2) is 0 Å². The Morgan fingerprint density at radius 2 is 2.00 bits per heavy atom. The van der Waals surface area contributed by atoms with E-state index < -0.39 is 0 Å². The molecule has 1 aliphatic carbocycles. The van der Waals surface area contributed by atoms with Crippen LogP contribution in [0.4, 0.5) is 0 Å². The number of rotatable bonds is 2. The number of likely N-dealkylation sites (tertiary alicyclic amines) is 1. The molecule has 0 aromatic rings. The minimum Gasteiger partial charge on any atom is -0.299 e. The van der Waals surface area contributed by atoms with Gasteiger partial charge in [-0.25, -0.2) is 0 Å². The lowest BCUT2D eigenvalue weighted by Gasteiger charge is -2.49. The van der Waals surface area contributed by atoms with E-state index in [2.05, 4.69) is 17.9 Å². The fourth-order valence-electron chi connectivity index (χ4n) is 3.04. The van der Waals surface area contributed by atoms with Crippen LogP contribution in [-0.4, -0.2) is 24.0 Å². The van der Waals surface area contributed by atoms with Crippen molar-refractivity contribution < 1.29 is 0 Å². The topological polar surface area (TPSA) is 27.0 Å². The van der Waals surface area contributed by atoms with Crippen molar-refractivity contribution in [2.45, 2.75) is 45.1 Å². The molecule has 0 amide bonds. The summed E-state index contributed by atoms with van der Waals surface area (Å²) in [6, 6.07) is 3.07. The number of hydrogen-bond donors (Lipinski definition) is 0. The molecule has 2 heteroatoms. The Balaban J connectivity index is 1.95. The first-order valence-electron chi connectivity index (χ1n) is 6.00. The number of hydrogen-bond acceptors (Lipinski definition) is 2. The minimum atomic E-state index is 0.332. The molecule has 2 nitrogen and oxygen atoms in total. The molecule has 2 rings (SSSR count). The fraction of sp³-hybridized carbons (Fsp3) is 0.917. The van der Waals surface area contributed by atoms with Crippen molar-refractivity contribution >= 4 is 0 Å². The highest BCUT2D eigenvalue weighted by molar-refractivity contribution is 5.05. The predicted octanol–water partition coefficient (Wildman–Crippen LogP) is 2.41. The largest absolute Gasteiger partial charge is 0.299 e. The Morgan fingerprint density at radius 3 is 2.57 bits per heavy atom. The summed E-state index contributed by atoms with van der Waals surface area (Å²) in [5.74, 6) is 1.13. The normalized spacial score (nSPS) is 38.7. The third-order valence-electron chi connectivity index (χ3n) is 3.95. The summed E-state index contributed by atoms with van der Waals surface area (Å²) in [7, 11) is 0. The van der Waals surface area contributed by atoms with Crippen molar-refractivity contribution in [2.24, 2.45) is 11.8 Å². The number of nitriles is 1. The summed E-state index contributed by atoms with van der Waals surface area (Å²) in [6.07, 6.45) is 6.46. The maximum absolute atomic E-state index is 9.02. The summed E-state index contributed by atoms with van der Waals surface area (Å²) in [6.45, 7) is 4.73. The van der Waals surface area contributed by atoms with Gasteiger partial charge in [0, 0.05) is 6.04 Å². The van der Waals surface area contributed by atoms with Crippen LogP contribution in [0.3, 0.4) is 0 Å². The second kappa shape index (κ2) is 4.31. The second-order valence-corrected chi connectivity index (χ2v) is 4.73. The Hall–Kier alpha value is -0.550. The molecule has 1 saturated carbocycles. The summed E-state index contributed by atoms with van der Waals surface area (Å²) < 4.78 is 0. The van der Waals surface area contributed by atoms with Gasteiger partial charge in [0.25, 0.3) is 0 Å². The van der Waals surface area contributed by atoms with E-state index in [1.165, 1.54) is 38.8 Å². The molecule has 0 spiro atoms. The zero-order chi connectivity index (χ0) is 9.97. The van der Waals surface area contributed by atoms with Crippen LogP contribution >= 0.6 is 0 Å². The lowest BCUT2D eigenvalue weighted by atomic mass is 9.68. The van der Waals surface area contributed by atoms with Gasteiger partial charge in [-0.2, -0.15) is 5.26 Å². The van der Waals surface area contributed by atoms with Crippen LogP contribution in [0.1, 0.15) is 39.0 Å². The molecule has 2 aliphatic rings. The Bertz CT molecular complexity index is 225. The highest BCUT2D eigenvalue weighted by Gasteiger charge is 2.43. The van der Waals surface area contributed by atoms with Crippen LogP contribution in [0.2, 0.25) is 0 Å². The van der Waals surface area contributed by atoms with Crippen molar-refractivity contribution in [3.05, 3.63) is 0 Å². The van der Waals surface area contributed by atoms with E-state index in [-0.39, 0.29) is 0 Å². The van der Waals surface area contributed by atoms with Crippen LogP contribution < -0.4 is 0 Å². The molecule has 1 heterocycles. The third kappa shape index (κ3) is 1.66. The monoisotopic (exact) mass is 192 g/mol. The fourth-order valence-corrected chi connectivity index (χ4v) is 3.04. The van der Waals surface area contributed by atoms with Gasteiger partial charge in [0.2, 0.25) is 0 Å². The maximum atomic E-state index is 9.02. The van der Waals surface area contributed by atoms with Gasteiger partial charge in [0.15, 0.2) is 0 Å². The second-order valence-electron chi connectivity index (χ2n) is 4.73. The van der Waals surface area contributed by atoms with E-state index >= 15 is 0 Å². The van der Waals surface area contributed by atoms with Gasteiger partial charge in [-0.15, -0.1) is 0 Å². The molecular weight excluding hydrogens is 172 g/mol. The summed E-state index contributed by atoms with van der Waals surface area (Å²) >= 11 is 0.